The molecule has 2 heterocycles. The number of benzene rings is 3. The number of aliphatic hydroxyl groups excluding tert-OH is 1. The molecule has 1 saturated heterocycles. The van der Waals surface area contributed by atoms with Crippen LogP contribution in [0.25, 0.3) is 21.0 Å². The van der Waals surface area contributed by atoms with Gasteiger partial charge >= 0.3 is 0 Å². The predicted molar refractivity (Wildman–Crippen MR) is 148 cm³/mol. The monoisotopic (exact) mass is 540 g/mol. The average molecular weight is 541 g/mol. The van der Waals surface area contributed by atoms with Gasteiger partial charge in [-0.2, -0.15) is 0 Å². The Balaban J connectivity index is 1.04. The molecule has 1 fully saturated rings. The van der Waals surface area contributed by atoms with Gasteiger partial charge in [0.25, 0.3) is 0 Å². The van der Waals surface area contributed by atoms with E-state index in [4.69, 9.17) is 4.74 Å². The van der Waals surface area contributed by atoms with Crippen LogP contribution in [0.4, 0.5) is 0 Å². The molecule has 4 aromatic rings. The van der Waals surface area contributed by atoms with Gasteiger partial charge in [-0.05, 0) is 30.5 Å². The maximum absolute atomic E-state index is 12.9. The fraction of sp³-hybridized carbons (Fsp3) is 0.370. The number of piperazine rings is 1. The van der Waals surface area contributed by atoms with E-state index < -0.39 is 16.1 Å². The number of nitrogens with zero attached hydrogens (tertiary/aromatic N) is 3. The fourth-order valence-electron chi connectivity index (χ4n) is 4.70. The summed E-state index contributed by atoms with van der Waals surface area (Å²) >= 11 is 1.65. The summed E-state index contributed by atoms with van der Waals surface area (Å²) in [5.74, 6) is 0.715. The van der Waals surface area contributed by atoms with Crippen molar-refractivity contribution in [3.63, 3.8) is 0 Å². The first-order chi connectivity index (χ1) is 17.9. The Kier molecular flexibility index (Phi) is 8.04. The Morgan fingerprint density at radius 1 is 1.05 bits per heavy atom. The SMILES string of the molecule is Cc1nc2cc(OCC(O)CN3CCN(CCNS(=O)(=O)c4cccc5ccccc45)CC3)ccc2s1. The van der Waals surface area contributed by atoms with Crippen molar-refractivity contribution in [1.82, 2.24) is 19.5 Å². The van der Waals surface area contributed by atoms with Crippen LogP contribution in [0.15, 0.2) is 65.6 Å². The van der Waals surface area contributed by atoms with E-state index in [1.165, 1.54) is 0 Å². The van der Waals surface area contributed by atoms with E-state index in [0.717, 1.165) is 52.2 Å². The van der Waals surface area contributed by atoms with Gasteiger partial charge in [0, 0.05) is 57.3 Å². The molecule has 0 spiro atoms. The molecule has 37 heavy (non-hydrogen) atoms. The maximum atomic E-state index is 12.9. The number of aliphatic hydroxyl groups is 1. The van der Waals surface area contributed by atoms with Crippen molar-refractivity contribution in [3.05, 3.63) is 65.7 Å². The van der Waals surface area contributed by atoms with Crippen LogP contribution in [0.1, 0.15) is 5.01 Å². The van der Waals surface area contributed by atoms with Crippen molar-refractivity contribution in [1.29, 1.82) is 0 Å². The molecule has 0 radical (unpaired) electrons. The van der Waals surface area contributed by atoms with Crippen molar-refractivity contribution in [2.24, 2.45) is 0 Å². The van der Waals surface area contributed by atoms with Crippen LogP contribution < -0.4 is 9.46 Å². The van der Waals surface area contributed by atoms with Crippen molar-refractivity contribution in [2.45, 2.75) is 17.9 Å². The Bertz CT molecular complexity index is 1460. The molecular formula is C27H32N4O4S2. The highest BCUT2D eigenvalue weighted by atomic mass is 32.2. The molecule has 10 heteroatoms. The van der Waals surface area contributed by atoms with Gasteiger partial charge in [0.2, 0.25) is 10.0 Å². The van der Waals surface area contributed by atoms with Crippen LogP contribution in [-0.4, -0.2) is 86.8 Å². The quantitative estimate of drug-likeness (QED) is 0.319. The largest absolute Gasteiger partial charge is 0.491 e. The third-order valence-electron chi connectivity index (χ3n) is 6.60. The van der Waals surface area contributed by atoms with E-state index in [1.807, 2.05) is 55.5 Å². The average Bonchev–Trinajstić information content (AvgIpc) is 3.27. The summed E-state index contributed by atoms with van der Waals surface area (Å²) in [5.41, 5.74) is 0.921. The standard InChI is InChI=1S/C27H32N4O4S2/c1-20-29-25-17-23(9-10-26(25)36-20)35-19-22(32)18-31-15-13-30(14-16-31)12-11-28-37(33,34)27-8-4-6-21-5-2-3-7-24(21)27/h2-10,17,22,28,32H,11-16,18-19H2,1H3. The Labute approximate surface area is 221 Å². The third kappa shape index (κ3) is 6.46. The second-order valence-corrected chi connectivity index (χ2v) is 12.3. The van der Waals surface area contributed by atoms with Crippen molar-refractivity contribution >= 4 is 42.3 Å². The number of hydrogen-bond acceptors (Lipinski definition) is 8. The van der Waals surface area contributed by atoms with E-state index in [1.54, 1.807) is 23.5 Å². The van der Waals surface area contributed by atoms with E-state index in [9.17, 15) is 13.5 Å². The lowest BCUT2D eigenvalue weighted by Crippen LogP contribution is -2.50. The van der Waals surface area contributed by atoms with Crippen LogP contribution >= 0.6 is 11.3 Å². The van der Waals surface area contributed by atoms with Crippen LogP contribution in [0, 0.1) is 6.92 Å². The summed E-state index contributed by atoms with van der Waals surface area (Å²) in [7, 11) is -3.59. The van der Waals surface area contributed by atoms with Crippen molar-refractivity contribution in [3.8, 4) is 5.75 Å². The molecular weight excluding hydrogens is 508 g/mol. The van der Waals surface area contributed by atoms with Gasteiger partial charge in [-0.3, -0.25) is 9.80 Å². The molecule has 0 saturated carbocycles. The summed E-state index contributed by atoms with van der Waals surface area (Å²) in [6.07, 6.45) is -0.591. The van der Waals surface area contributed by atoms with Crippen LogP contribution in [0.2, 0.25) is 0 Å². The molecule has 2 N–H and O–H groups in total. The molecule has 5 rings (SSSR count). The van der Waals surface area contributed by atoms with Gasteiger partial charge in [-0.15, -0.1) is 11.3 Å². The zero-order valence-electron chi connectivity index (χ0n) is 20.8. The minimum atomic E-state index is -3.59. The van der Waals surface area contributed by atoms with Gasteiger partial charge < -0.3 is 9.84 Å². The minimum Gasteiger partial charge on any atom is -0.491 e. The molecule has 0 bridgehead atoms. The Hall–Kier alpha value is -2.60. The maximum Gasteiger partial charge on any atom is 0.241 e. The number of sulfonamides is 1. The molecule has 1 aromatic heterocycles. The lowest BCUT2D eigenvalue weighted by Gasteiger charge is -2.35. The van der Waals surface area contributed by atoms with Crippen LogP contribution in [0.3, 0.4) is 0 Å². The highest BCUT2D eigenvalue weighted by Gasteiger charge is 2.21. The lowest BCUT2D eigenvalue weighted by molar-refractivity contribution is 0.0465. The van der Waals surface area contributed by atoms with Crippen LogP contribution in [-0.2, 0) is 10.0 Å². The predicted octanol–water partition coefficient (Wildman–Crippen LogP) is 3.09. The van der Waals surface area contributed by atoms with Gasteiger partial charge in [-0.25, -0.2) is 18.1 Å². The van der Waals surface area contributed by atoms with E-state index in [0.29, 0.717) is 30.3 Å². The van der Waals surface area contributed by atoms with E-state index >= 15 is 0 Å². The van der Waals surface area contributed by atoms with E-state index in [2.05, 4.69) is 19.5 Å². The zero-order valence-corrected chi connectivity index (χ0v) is 22.5. The Morgan fingerprint density at radius 3 is 2.65 bits per heavy atom. The summed E-state index contributed by atoms with van der Waals surface area (Å²) in [6, 6.07) is 18.7. The summed E-state index contributed by atoms with van der Waals surface area (Å²) in [5, 5.41) is 13.1. The number of hydrogen-bond donors (Lipinski definition) is 2. The molecule has 1 aliphatic rings. The first kappa shape index (κ1) is 26.0. The van der Waals surface area contributed by atoms with Gasteiger partial charge in [-0.1, -0.05) is 36.4 Å². The number of aryl methyl sites for hydroxylation is 1. The smallest absolute Gasteiger partial charge is 0.241 e. The normalized spacial score (nSPS) is 16.4. The summed E-state index contributed by atoms with van der Waals surface area (Å²) < 4.78 is 35.5. The van der Waals surface area contributed by atoms with Gasteiger partial charge in [0.15, 0.2) is 0 Å². The zero-order chi connectivity index (χ0) is 25.8. The fourth-order valence-corrected chi connectivity index (χ4v) is 6.75. The van der Waals surface area contributed by atoms with Crippen molar-refractivity contribution < 1.29 is 18.3 Å². The topological polar surface area (TPSA) is 95.0 Å². The van der Waals surface area contributed by atoms with Gasteiger partial charge in [0.1, 0.15) is 18.5 Å². The molecule has 0 aliphatic carbocycles. The highest BCUT2D eigenvalue weighted by molar-refractivity contribution is 7.89. The second-order valence-electron chi connectivity index (χ2n) is 9.34. The first-order valence-corrected chi connectivity index (χ1v) is 14.8. The van der Waals surface area contributed by atoms with E-state index in [-0.39, 0.29) is 6.61 Å². The number of nitrogens with one attached hydrogen (secondary N) is 1. The number of aromatic nitrogens is 1. The first-order valence-electron chi connectivity index (χ1n) is 12.5. The third-order valence-corrected chi connectivity index (χ3v) is 9.07. The minimum absolute atomic E-state index is 0.227. The molecule has 1 atom stereocenters. The number of thiazole rings is 1. The molecule has 1 unspecified atom stereocenters. The number of β-amino-alcohol motifs (C(OH)–C–C–N with tert-alkyl or cyclic N) is 1. The molecule has 3 aromatic carbocycles. The van der Waals surface area contributed by atoms with Crippen molar-refractivity contribution in [2.75, 3.05) is 52.4 Å². The van der Waals surface area contributed by atoms with Crippen LogP contribution in [0.5, 0.6) is 5.75 Å². The lowest BCUT2D eigenvalue weighted by atomic mass is 10.1. The number of rotatable bonds is 10. The molecule has 1 aliphatic heterocycles. The van der Waals surface area contributed by atoms with Gasteiger partial charge in [0.05, 0.1) is 20.1 Å². The number of ether oxygens (including phenoxy) is 1. The molecule has 8 nitrogen and oxygen atoms in total. The second kappa shape index (κ2) is 11.4. The summed E-state index contributed by atoms with van der Waals surface area (Å²) in [4.78, 5) is 9.27. The Morgan fingerprint density at radius 2 is 1.81 bits per heavy atom. The highest BCUT2D eigenvalue weighted by Crippen LogP contribution is 2.26. The molecule has 0 amide bonds. The summed E-state index contributed by atoms with van der Waals surface area (Å²) in [6.45, 7) is 7.03. The molecule has 196 valence electrons. The number of fused-ring (bicyclic) bond motifs is 2.